The number of hydrogen-bond donors (Lipinski definition) is 1. The first-order valence-corrected chi connectivity index (χ1v) is 8.92. The molecule has 0 spiro atoms. The van der Waals surface area contributed by atoms with Crippen LogP contribution in [-0.4, -0.2) is 54.5 Å². The van der Waals surface area contributed by atoms with E-state index in [2.05, 4.69) is 16.7 Å². The fourth-order valence-corrected chi connectivity index (χ4v) is 3.72. The number of nitrogens with zero attached hydrogens (tertiary/aromatic N) is 2. The van der Waals surface area contributed by atoms with Gasteiger partial charge in [-0.2, -0.15) is 0 Å². The molecule has 2 aliphatic heterocycles. The summed E-state index contributed by atoms with van der Waals surface area (Å²) < 4.78 is 0. The fraction of sp³-hybridized carbons (Fsp3) is 0.941. The molecule has 0 aromatic carbocycles. The van der Waals surface area contributed by atoms with Gasteiger partial charge in [0, 0.05) is 25.6 Å². The molecule has 21 heavy (non-hydrogen) atoms. The van der Waals surface area contributed by atoms with E-state index < -0.39 is 0 Å². The van der Waals surface area contributed by atoms with Crippen LogP contribution in [-0.2, 0) is 4.79 Å². The predicted molar refractivity (Wildman–Crippen MR) is 87.1 cm³/mol. The van der Waals surface area contributed by atoms with Gasteiger partial charge in [0.15, 0.2) is 0 Å². The van der Waals surface area contributed by atoms with E-state index in [0.717, 1.165) is 38.5 Å². The first-order valence-electron chi connectivity index (χ1n) is 8.92. The van der Waals surface area contributed by atoms with Crippen LogP contribution in [0.15, 0.2) is 0 Å². The molecular formula is C17H33N3O. The number of carbonyl (C=O) groups is 1. The number of carbonyl (C=O) groups excluding carboxylic acids is 1. The molecule has 0 radical (unpaired) electrons. The Morgan fingerprint density at radius 2 is 1.76 bits per heavy atom. The van der Waals surface area contributed by atoms with Crippen LogP contribution in [0, 0.1) is 5.92 Å². The molecule has 0 bridgehead atoms. The number of nitrogens with two attached hydrogens (primary N) is 1. The van der Waals surface area contributed by atoms with Gasteiger partial charge in [0.05, 0.1) is 0 Å². The van der Waals surface area contributed by atoms with Crippen LogP contribution < -0.4 is 5.73 Å². The Morgan fingerprint density at radius 3 is 2.38 bits per heavy atom. The Balaban J connectivity index is 1.66. The van der Waals surface area contributed by atoms with Crippen LogP contribution in [0.1, 0.15) is 58.3 Å². The lowest BCUT2D eigenvalue weighted by Crippen LogP contribution is -2.48. The van der Waals surface area contributed by atoms with Gasteiger partial charge in [0.1, 0.15) is 0 Å². The molecule has 2 saturated heterocycles. The molecule has 1 unspecified atom stereocenters. The van der Waals surface area contributed by atoms with Crippen molar-refractivity contribution in [1.29, 1.82) is 0 Å². The summed E-state index contributed by atoms with van der Waals surface area (Å²) in [5.41, 5.74) is 5.56. The third kappa shape index (κ3) is 5.26. The van der Waals surface area contributed by atoms with E-state index in [9.17, 15) is 4.79 Å². The molecule has 4 nitrogen and oxygen atoms in total. The normalized spacial score (nSPS) is 23.2. The molecule has 122 valence electrons. The van der Waals surface area contributed by atoms with Crippen LogP contribution in [0.25, 0.3) is 0 Å². The van der Waals surface area contributed by atoms with Crippen molar-refractivity contribution in [2.24, 2.45) is 11.7 Å². The summed E-state index contributed by atoms with van der Waals surface area (Å²) >= 11 is 0. The van der Waals surface area contributed by atoms with Crippen molar-refractivity contribution in [2.75, 3.05) is 32.7 Å². The highest BCUT2D eigenvalue weighted by Gasteiger charge is 2.27. The van der Waals surface area contributed by atoms with Crippen molar-refractivity contribution in [3.8, 4) is 0 Å². The Kier molecular flexibility index (Phi) is 6.97. The zero-order valence-electron chi connectivity index (χ0n) is 13.7. The van der Waals surface area contributed by atoms with Gasteiger partial charge in [-0.25, -0.2) is 0 Å². The van der Waals surface area contributed by atoms with Gasteiger partial charge in [-0.15, -0.1) is 0 Å². The molecule has 0 aliphatic carbocycles. The summed E-state index contributed by atoms with van der Waals surface area (Å²) in [6.07, 6.45) is 9.18. The Labute approximate surface area is 130 Å². The first-order chi connectivity index (χ1) is 10.2. The van der Waals surface area contributed by atoms with Crippen molar-refractivity contribution in [2.45, 2.75) is 64.3 Å². The SMILES string of the molecule is CC(CCN)CCC(=O)N1CCC(N2CCCCC2)CC1. The lowest BCUT2D eigenvalue weighted by Gasteiger charge is -2.40. The fourth-order valence-electron chi connectivity index (χ4n) is 3.72. The largest absolute Gasteiger partial charge is 0.343 e. The smallest absolute Gasteiger partial charge is 0.222 e. The van der Waals surface area contributed by atoms with E-state index in [4.69, 9.17) is 5.73 Å². The maximum absolute atomic E-state index is 12.3. The molecule has 2 heterocycles. The second-order valence-electron chi connectivity index (χ2n) is 6.93. The third-order valence-electron chi connectivity index (χ3n) is 5.23. The van der Waals surface area contributed by atoms with Crippen molar-refractivity contribution < 1.29 is 4.79 Å². The molecule has 2 rings (SSSR count). The van der Waals surface area contributed by atoms with E-state index >= 15 is 0 Å². The molecule has 2 fully saturated rings. The van der Waals surface area contributed by atoms with Crippen LogP contribution in [0.3, 0.4) is 0 Å². The summed E-state index contributed by atoms with van der Waals surface area (Å²) in [4.78, 5) is 17.0. The minimum atomic E-state index is 0.357. The van der Waals surface area contributed by atoms with Crippen LogP contribution in [0.5, 0.6) is 0 Å². The van der Waals surface area contributed by atoms with Crippen LogP contribution >= 0.6 is 0 Å². The van der Waals surface area contributed by atoms with E-state index in [1.165, 1.54) is 45.2 Å². The van der Waals surface area contributed by atoms with Crippen LogP contribution in [0.2, 0.25) is 0 Å². The quantitative estimate of drug-likeness (QED) is 0.817. The van der Waals surface area contributed by atoms with E-state index in [0.29, 0.717) is 18.2 Å². The number of piperidine rings is 2. The number of amides is 1. The Bertz CT molecular complexity index is 307. The minimum absolute atomic E-state index is 0.357. The Morgan fingerprint density at radius 1 is 1.10 bits per heavy atom. The summed E-state index contributed by atoms with van der Waals surface area (Å²) in [7, 11) is 0. The second-order valence-corrected chi connectivity index (χ2v) is 6.93. The van der Waals surface area contributed by atoms with Crippen LogP contribution in [0.4, 0.5) is 0 Å². The molecule has 0 aromatic rings. The highest BCUT2D eigenvalue weighted by atomic mass is 16.2. The summed E-state index contributed by atoms with van der Waals surface area (Å²) in [5, 5.41) is 0. The zero-order valence-corrected chi connectivity index (χ0v) is 13.7. The maximum atomic E-state index is 12.3. The molecule has 1 atom stereocenters. The highest BCUT2D eigenvalue weighted by molar-refractivity contribution is 5.76. The van der Waals surface area contributed by atoms with Crippen molar-refractivity contribution in [3.05, 3.63) is 0 Å². The van der Waals surface area contributed by atoms with Gasteiger partial charge in [0.2, 0.25) is 5.91 Å². The molecule has 1 amide bonds. The predicted octanol–water partition coefficient (Wildman–Crippen LogP) is 2.23. The summed E-state index contributed by atoms with van der Waals surface area (Å²) in [6, 6.07) is 0.727. The van der Waals surface area contributed by atoms with Gasteiger partial charge in [-0.05, 0) is 64.1 Å². The zero-order chi connectivity index (χ0) is 15.1. The van der Waals surface area contributed by atoms with Gasteiger partial charge in [-0.1, -0.05) is 13.3 Å². The van der Waals surface area contributed by atoms with E-state index in [1.807, 2.05) is 0 Å². The molecular weight excluding hydrogens is 262 g/mol. The number of likely N-dealkylation sites (tertiary alicyclic amines) is 2. The number of hydrogen-bond acceptors (Lipinski definition) is 3. The highest BCUT2D eigenvalue weighted by Crippen LogP contribution is 2.21. The third-order valence-corrected chi connectivity index (χ3v) is 5.23. The first kappa shape index (κ1) is 16.8. The lowest BCUT2D eigenvalue weighted by molar-refractivity contribution is -0.133. The molecule has 4 heteroatoms. The van der Waals surface area contributed by atoms with Gasteiger partial charge in [0.25, 0.3) is 0 Å². The van der Waals surface area contributed by atoms with Gasteiger partial charge < -0.3 is 15.5 Å². The lowest BCUT2D eigenvalue weighted by atomic mass is 9.98. The minimum Gasteiger partial charge on any atom is -0.343 e. The molecule has 0 saturated carbocycles. The topological polar surface area (TPSA) is 49.6 Å². The molecule has 2 N–H and O–H groups in total. The standard InChI is InChI=1S/C17H33N3O/c1-15(7-10-18)5-6-17(21)20-13-8-16(9-14-20)19-11-3-2-4-12-19/h15-16H,2-14,18H2,1H3. The molecule has 2 aliphatic rings. The Hall–Kier alpha value is -0.610. The van der Waals surface area contributed by atoms with Gasteiger partial charge in [-0.3, -0.25) is 4.79 Å². The average Bonchev–Trinajstić information content (AvgIpc) is 2.54. The number of rotatable bonds is 6. The average molecular weight is 295 g/mol. The maximum Gasteiger partial charge on any atom is 0.222 e. The van der Waals surface area contributed by atoms with Crippen molar-refractivity contribution in [1.82, 2.24) is 9.80 Å². The molecule has 0 aromatic heterocycles. The second kappa shape index (κ2) is 8.74. The van der Waals surface area contributed by atoms with Gasteiger partial charge >= 0.3 is 0 Å². The summed E-state index contributed by atoms with van der Waals surface area (Å²) in [6.45, 7) is 7.40. The van der Waals surface area contributed by atoms with Crippen molar-refractivity contribution in [3.63, 3.8) is 0 Å². The van der Waals surface area contributed by atoms with Crippen molar-refractivity contribution >= 4 is 5.91 Å². The van der Waals surface area contributed by atoms with E-state index in [1.54, 1.807) is 0 Å². The van der Waals surface area contributed by atoms with E-state index in [-0.39, 0.29) is 0 Å². The summed E-state index contributed by atoms with van der Waals surface area (Å²) in [5.74, 6) is 0.931. The monoisotopic (exact) mass is 295 g/mol.